The van der Waals surface area contributed by atoms with E-state index in [9.17, 15) is 4.39 Å². The summed E-state index contributed by atoms with van der Waals surface area (Å²) in [6, 6.07) is 14.0. The van der Waals surface area contributed by atoms with Crippen molar-refractivity contribution >= 4 is 0 Å². The fourth-order valence-corrected chi connectivity index (χ4v) is 2.66. The molecule has 0 bridgehead atoms. The molecule has 2 N–H and O–H groups in total. The Morgan fingerprint density at radius 3 is 2.38 bits per heavy atom. The highest BCUT2D eigenvalue weighted by atomic mass is 19.1. The highest BCUT2D eigenvalue weighted by molar-refractivity contribution is 5.32. The van der Waals surface area contributed by atoms with Crippen LogP contribution in [0.4, 0.5) is 4.39 Å². The van der Waals surface area contributed by atoms with Crippen molar-refractivity contribution in [3.63, 3.8) is 0 Å². The molecule has 4 nitrogen and oxygen atoms in total. The van der Waals surface area contributed by atoms with Crippen LogP contribution in [0.15, 0.2) is 48.5 Å². The van der Waals surface area contributed by atoms with Crippen LogP contribution >= 0.6 is 0 Å². The molecule has 0 saturated carbocycles. The molecule has 1 saturated heterocycles. The third-order valence-electron chi connectivity index (χ3n) is 3.95. The third kappa shape index (κ3) is 5.83. The van der Waals surface area contributed by atoms with E-state index in [0.717, 1.165) is 18.8 Å². The minimum absolute atomic E-state index is 0.141. The summed E-state index contributed by atoms with van der Waals surface area (Å²) in [6.45, 7) is 1.86. The largest absolute Gasteiger partial charge is 0.497 e. The van der Waals surface area contributed by atoms with Gasteiger partial charge in [-0.3, -0.25) is 0 Å². The van der Waals surface area contributed by atoms with Gasteiger partial charge in [0, 0.05) is 6.07 Å². The van der Waals surface area contributed by atoms with Crippen molar-refractivity contribution in [3.05, 3.63) is 59.9 Å². The van der Waals surface area contributed by atoms with E-state index in [1.807, 2.05) is 18.2 Å². The molecule has 2 aromatic carbocycles. The van der Waals surface area contributed by atoms with E-state index >= 15 is 0 Å². The second-order valence-electron chi connectivity index (χ2n) is 5.53. The van der Waals surface area contributed by atoms with Crippen molar-refractivity contribution in [3.8, 4) is 11.5 Å². The maximum Gasteiger partial charge on any atom is 0.186 e. The molecular weight excluding hydrogens is 309 g/mol. The summed E-state index contributed by atoms with van der Waals surface area (Å²) >= 11 is 0. The Labute approximate surface area is 142 Å². The Morgan fingerprint density at radius 2 is 1.75 bits per heavy atom. The first kappa shape index (κ1) is 18.2. The number of benzene rings is 2. The lowest BCUT2D eigenvalue weighted by Gasteiger charge is -2.22. The summed E-state index contributed by atoms with van der Waals surface area (Å²) < 4.78 is 22.4. The number of methoxy groups -OCH3 is 1. The van der Waals surface area contributed by atoms with Gasteiger partial charge in [-0.05, 0) is 61.7 Å². The van der Waals surface area contributed by atoms with Crippen LogP contribution in [0, 0.1) is 5.82 Å². The topological polar surface area (TPSA) is 50.7 Å². The molecule has 0 aromatic heterocycles. The summed E-state index contributed by atoms with van der Waals surface area (Å²) in [7, 11) is 1.58. The van der Waals surface area contributed by atoms with E-state index in [2.05, 4.69) is 5.32 Å². The first-order chi connectivity index (χ1) is 11.7. The normalized spacial score (nSPS) is 14.5. The lowest BCUT2D eigenvalue weighted by molar-refractivity contribution is 0.0983. The number of hydrogen-bond donors (Lipinski definition) is 2. The van der Waals surface area contributed by atoms with Gasteiger partial charge >= 0.3 is 0 Å². The molecule has 0 spiro atoms. The molecule has 24 heavy (non-hydrogen) atoms. The molecule has 3 rings (SSSR count). The first-order valence-electron chi connectivity index (χ1n) is 8.07. The summed E-state index contributed by atoms with van der Waals surface area (Å²) in [6.07, 6.45) is 2.34. The maximum absolute atomic E-state index is 12.6. The SMILES string of the molecule is COc1cccc(OCO)c1.Fc1ccc(C2CCNCC2)cc1. The van der Waals surface area contributed by atoms with Crippen LogP contribution in [0.25, 0.3) is 0 Å². The Balaban J connectivity index is 0.000000177. The van der Waals surface area contributed by atoms with Crippen LogP contribution in [0.2, 0.25) is 0 Å². The predicted molar refractivity (Wildman–Crippen MR) is 92.0 cm³/mol. The molecule has 1 aliphatic rings. The van der Waals surface area contributed by atoms with Gasteiger partial charge < -0.3 is 19.9 Å². The van der Waals surface area contributed by atoms with E-state index in [0.29, 0.717) is 11.7 Å². The maximum atomic E-state index is 12.6. The number of halogens is 1. The van der Waals surface area contributed by atoms with Crippen molar-refractivity contribution < 1.29 is 19.0 Å². The number of hydrogen-bond acceptors (Lipinski definition) is 4. The Kier molecular flexibility index (Phi) is 7.52. The first-order valence-corrected chi connectivity index (χ1v) is 8.07. The second kappa shape index (κ2) is 9.90. The average Bonchev–Trinajstić information content (AvgIpc) is 2.64. The summed E-state index contributed by atoms with van der Waals surface area (Å²) in [5, 5.41) is 11.7. The number of nitrogens with one attached hydrogen (secondary N) is 1. The summed E-state index contributed by atoms with van der Waals surface area (Å²) in [5.41, 5.74) is 1.28. The van der Waals surface area contributed by atoms with Crippen molar-refractivity contribution in [2.75, 3.05) is 27.0 Å². The molecule has 1 fully saturated rings. The zero-order chi connectivity index (χ0) is 17.2. The van der Waals surface area contributed by atoms with E-state index in [1.165, 1.54) is 18.4 Å². The van der Waals surface area contributed by atoms with Gasteiger partial charge in [0.1, 0.15) is 17.3 Å². The lowest BCUT2D eigenvalue weighted by Crippen LogP contribution is -2.26. The van der Waals surface area contributed by atoms with Gasteiger partial charge in [-0.25, -0.2) is 4.39 Å². The summed E-state index contributed by atoms with van der Waals surface area (Å²) in [5.74, 6) is 1.81. The molecule has 0 aliphatic carbocycles. The molecule has 0 atom stereocenters. The minimum Gasteiger partial charge on any atom is -0.497 e. The van der Waals surface area contributed by atoms with Crippen molar-refractivity contribution in [2.24, 2.45) is 0 Å². The highest BCUT2D eigenvalue weighted by Crippen LogP contribution is 2.24. The van der Waals surface area contributed by atoms with Gasteiger partial charge in [0.05, 0.1) is 7.11 Å². The number of aliphatic hydroxyl groups is 1. The molecule has 1 aliphatic heterocycles. The zero-order valence-corrected chi connectivity index (χ0v) is 13.9. The van der Waals surface area contributed by atoms with E-state index < -0.39 is 0 Å². The average molecular weight is 333 g/mol. The van der Waals surface area contributed by atoms with Crippen molar-refractivity contribution in [1.82, 2.24) is 5.32 Å². The standard InChI is InChI=1S/C11H14FN.C8H10O3/c12-11-3-1-9(2-4-11)10-5-7-13-8-6-10;1-10-7-3-2-4-8(5-7)11-6-9/h1-4,10,13H,5-8H2;2-5,9H,6H2,1H3. The molecule has 1 heterocycles. The molecule has 0 radical (unpaired) electrons. The number of rotatable bonds is 4. The molecule has 130 valence electrons. The molecule has 0 unspecified atom stereocenters. The second-order valence-corrected chi connectivity index (χ2v) is 5.53. The molecule has 5 heteroatoms. The van der Waals surface area contributed by atoms with Gasteiger partial charge in [0.15, 0.2) is 6.79 Å². The van der Waals surface area contributed by atoms with E-state index in [4.69, 9.17) is 14.6 Å². The lowest BCUT2D eigenvalue weighted by atomic mass is 9.90. The molecule has 0 amide bonds. The van der Waals surface area contributed by atoms with Crippen LogP contribution < -0.4 is 14.8 Å². The van der Waals surface area contributed by atoms with Crippen LogP contribution in [0.3, 0.4) is 0 Å². The molecule has 2 aromatic rings. The van der Waals surface area contributed by atoms with Crippen LogP contribution in [-0.4, -0.2) is 32.1 Å². The van der Waals surface area contributed by atoms with Crippen LogP contribution in [0.1, 0.15) is 24.3 Å². The Hall–Kier alpha value is -2.11. The monoisotopic (exact) mass is 333 g/mol. The van der Waals surface area contributed by atoms with Crippen LogP contribution in [-0.2, 0) is 0 Å². The fraction of sp³-hybridized carbons (Fsp3) is 0.368. The van der Waals surface area contributed by atoms with Gasteiger partial charge in [-0.15, -0.1) is 0 Å². The number of ether oxygens (including phenoxy) is 2. The zero-order valence-electron chi connectivity index (χ0n) is 13.9. The predicted octanol–water partition coefficient (Wildman–Crippen LogP) is 3.32. The van der Waals surface area contributed by atoms with E-state index in [1.54, 1.807) is 37.4 Å². The Bertz CT molecular complexity index is 598. The highest BCUT2D eigenvalue weighted by Gasteiger charge is 2.14. The van der Waals surface area contributed by atoms with Gasteiger partial charge in [0.2, 0.25) is 0 Å². The van der Waals surface area contributed by atoms with Gasteiger partial charge in [-0.2, -0.15) is 0 Å². The fourth-order valence-electron chi connectivity index (χ4n) is 2.66. The quantitative estimate of drug-likeness (QED) is 0.843. The number of aliphatic hydroxyl groups excluding tert-OH is 1. The number of piperidine rings is 1. The van der Waals surface area contributed by atoms with E-state index in [-0.39, 0.29) is 12.6 Å². The van der Waals surface area contributed by atoms with Gasteiger partial charge in [0.25, 0.3) is 0 Å². The Morgan fingerprint density at radius 1 is 1.08 bits per heavy atom. The minimum atomic E-state index is -0.312. The summed E-state index contributed by atoms with van der Waals surface area (Å²) in [4.78, 5) is 0. The molecular formula is C19H24FNO3. The smallest absolute Gasteiger partial charge is 0.186 e. The van der Waals surface area contributed by atoms with Crippen LogP contribution in [0.5, 0.6) is 11.5 Å². The third-order valence-corrected chi connectivity index (χ3v) is 3.95. The van der Waals surface area contributed by atoms with Crippen molar-refractivity contribution in [2.45, 2.75) is 18.8 Å². The van der Waals surface area contributed by atoms with Gasteiger partial charge in [-0.1, -0.05) is 18.2 Å². The van der Waals surface area contributed by atoms with Crippen molar-refractivity contribution in [1.29, 1.82) is 0 Å².